The normalized spacial score (nSPS) is 11.9. The number of rotatable bonds is 5. The molecule has 0 amide bonds. The molecule has 1 heterocycles. The minimum Gasteiger partial charge on any atom is -0.395 e. The zero-order valence-electron chi connectivity index (χ0n) is 12.1. The summed E-state index contributed by atoms with van der Waals surface area (Å²) in [6, 6.07) is 5.08. The summed E-state index contributed by atoms with van der Waals surface area (Å²) < 4.78 is 39.4. The van der Waals surface area contributed by atoms with Crippen molar-refractivity contribution in [3.8, 4) is 0 Å². The first-order valence-corrected chi connectivity index (χ1v) is 6.97. The predicted octanol–water partition coefficient (Wildman–Crippen LogP) is 2.76. The fourth-order valence-corrected chi connectivity index (χ4v) is 2.43. The van der Waals surface area contributed by atoms with Gasteiger partial charge in [-0.05, 0) is 24.6 Å². The number of nitrogens with one attached hydrogen (secondary N) is 1. The third kappa shape index (κ3) is 3.41. The van der Waals surface area contributed by atoms with Crippen molar-refractivity contribution in [1.29, 1.82) is 0 Å². The van der Waals surface area contributed by atoms with Crippen molar-refractivity contribution in [1.82, 2.24) is 4.98 Å². The highest BCUT2D eigenvalue weighted by atomic mass is 19.4. The van der Waals surface area contributed by atoms with Gasteiger partial charge in [0, 0.05) is 35.7 Å². The van der Waals surface area contributed by atoms with Crippen molar-refractivity contribution >= 4 is 16.6 Å². The SMILES string of the molecule is CCCN(CCO)c1ccc2[nH]c(=O)cc(C(F)(F)F)c2c1. The van der Waals surface area contributed by atoms with Crippen molar-refractivity contribution in [2.45, 2.75) is 19.5 Å². The van der Waals surface area contributed by atoms with E-state index in [1.54, 1.807) is 6.07 Å². The minimum atomic E-state index is -4.60. The molecule has 0 aliphatic heterocycles. The summed E-state index contributed by atoms with van der Waals surface area (Å²) in [5, 5.41) is 9.04. The zero-order valence-corrected chi connectivity index (χ0v) is 12.1. The monoisotopic (exact) mass is 314 g/mol. The standard InChI is InChI=1S/C15H17F3N2O2/c1-2-5-20(6-7-21)10-3-4-13-11(8-10)12(15(16,17)18)9-14(22)19-13/h3-4,8-9,21H,2,5-7H2,1H3,(H,19,22). The van der Waals surface area contributed by atoms with E-state index in [1.807, 2.05) is 11.8 Å². The van der Waals surface area contributed by atoms with Crippen LogP contribution in [0.25, 0.3) is 10.9 Å². The maximum absolute atomic E-state index is 13.1. The maximum Gasteiger partial charge on any atom is 0.417 e. The number of hydrogen-bond donors (Lipinski definition) is 2. The molecule has 0 aliphatic rings. The molecular weight excluding hydrogens is 297 g/mol. The van der Waals surface area contributed by atoms with Crippen LogP contribution in [0.15, 0.2) is 29.1 Å². The Labute approximate surface area is 125 Å². The lowest BCUT2D eigenvalue weighted by atomic mass is 10.1. The van der Waals surface area contributed by atoms with E-state index in [4.69, 9.17) is 5.11 Å². The van der Waals surface area contributed by atoms with E-state index >= 15 is 0 Å². The van der Waals surface area contributed by atoms with Crippen LogP contribution >= 0.6 is 0 Å². The smallest absolute Gasteiger partial charge is 0.395 e. The van der Waals surface area contributed by atoms with E-state index in [-0.39, 0.29) is 17.5 Å². The molecule has 0 radical (unpaired) electrons. The first kappa shape index (κ1) is 16.4. The van der Waals surface area contributed by atoms with Gasteiger partial charge < -0.3 is 15.0 Å². The lowest BCUT2D eigenvalue weighted by Gasteiger charge is -2.24. The van der Waals surface area contributed by atoms with Gasteiger partial charge in [0.15, 0.2) is 0 Å². The van der Waals surface area contributed by atoms with Crippen LogP contribution in [-0.4, -0.2) is 29.8 Å². The topological polar surface area (TPSA) is 56.3 Å². The highest BCUT2D eigenvalue weighted by Crippen LogP contribution is 2.34. The number of anilines is 1. The van der Waals surface area contributed by atoms with Crippen LogP contribution in [0, 0.1) is 0 Å². The molecule has 4 nitrogen and oxygen atoms in total. The number of aromatic nitrogens is 1. The van der Waals surface area contributed by atoms with Crippen molar-refractivity contribution in [2.75, 3.05) is 24.6 Å². The van der Waals surface area contributed by atoms with Gasteiger partial charge in [-0.1, -0.05) is 6.92 Å². The molecule has 1 aromatic heterocycles. The minimum absolute atomic E-state index is 0.0522. The van der Waals surface area contributed by atoms with Gasteiger partial charge in [0.1, 0.15) is 0 Å². The van der Waals surface area contributed by atoms with E-state index in [0.717, 1.165) is 6.42 Å². The van der Waals surface area contributed by atoms with Crippen molar-refractivity contribution in [2.24, 2.45) is 0 Å². The Hall–Kier alpha value is -2.02. The van der Waals surface area contributed by atoms with Crippen LogP contribution in [0.5, 0.6) is 0 Å². The van der Waals surface area contributed by atoms with Gasteiger partial charge in [-0.3, -0.25) is 4.79 Å². The van der Waals surface area contributed by atoms with Crippen molar-refractivity contribution in [3.05, 3.63) is 40.2 Å². The first-order chi connectivity index (χ1) is 10.4. The number of pyridine rings is 1. The van der Waals surface area contributed by atoms with E-state index in [9.17, 15) is 18.0 Å². The Kier molecular flexibility index (Phi) is 4.75. The van der Waals surface area contributed by atoms with Crippen molar-refractivity contribution < 1.29 is 18.3 Å². The Morgan fingerprint density at radius 3 is 2.55 bits per heavy atom. The number of aliphatic hydroxyl groups excluding tert-OH is 1. The molecule has 2 N–H and O–H groups in total. The van der Waals surface area contributed by atoms with E-state index in [0.29, 0.717) is 24.8 Å². The third-order valence-electron chi connectivity index (χ3n) is 3.36. The summed E-state index contributed by atoms with van der Waals surface area (Å²) >= 11 is 0. The molecule has 22 heavy (non-hydrogen) atoms. The average molecular weight is 314 g/mol. The van der Waals surface area contributed by atoms with Gasteiger partial charge >= 0.3 is 6.18 Å². The fraction of sp³-hybridized carbons (Fsp3) is 0.400. The fourth-order valence-electron chi connectivity index (χ4n) is 2.43. The van der Waals surface area contributed by atoms with Crippen LogP contribution in [0.2, 0.25) is 0 Å². The van der Waals surface area contributed by atoms with E-state index in [2.05, 4.69) is 4.98 Å². The first-order valence-electron chi connectivity index (χ1n) is 6.97. The summed E-state index contributed by atoms with van der Waals surface area (Å²) in [7, 11) is 0. The average Bonchev–Trinajstić information content (AvgIpc) is 2.44. The van der Waals surface area contributed by atoms with Gasteiger partial charge in [-0.25, -0.2) is 0 Å². The second-order valence-electron chi connectivity index (χ2n) is 4.99. The number of hydrogen-bond acceptors (Lipinski definition) is 3. The largest absolute Gasteiger partial charge is 0.417 e. The molecule has 0 saturated heterocycles. The summed E-state index contributed by atoms with van der Waals surface area (Å²) in [6.07, 6.45) is -3.80. The summed E-state index contributed by atoms with van der Waals surface area (Å²) in [5.41, 5.74) is -1.01. The quantitative estimate of drug-likeness (QED) is 0.892. The van der Waals surface area contributed by atoms with Gasteiger partial charge in [-0.2, -0.15) is 13.2 Å². The summed E-state index contributed by atoms with van der Waals surface area (Å²) in [4.78, 5) is 15.6. The Balaban J connectivity index is 2.61. The number of aliphatic hydroxyl groups is 1. The highest BCUT2D eigenvalue weighted by molar-refractivity contribution is 5.86. The molecule has 0 fully saturated rings. The number of nitrogens with zero attached hydrogens (tertiary/aromatic N) is 1. The van der Waals surface area contributed by atoms with Crippen LogP contribution in [0.4, 0.5) is 18.9 Å². The Bertz CT molecular complexity index is 704. The summed E-state index contributed by atoms with van der Waals surface area (Å²) in [6.45, 7) is 2.82. The Morgan fingerprint density at radius 2 is 1.95 bits per heavy atom. The molecule has 0 unspecified atom stereocenters. The lowest BCUT2D eigenvalue weighted by Crippen LogP contribution is -2.27. The molecule has 0 atom stereocenters. The van der Waals surface area contributed by atoms with E-state index < -0.39 is 17.3 Å². The molecule has 2 aromatic rings. The molecule has 7 heteroatoms. The lowest BCUT2D eigenvalue weighted by molar-refractivity contribution is -0.136. The highest BCUT2D eigenvalue weighted by Gasteiger charge is 2.33. The van der Waals surface area contributed by atoms with Gasteiger partial charge in [0.25, 0.3) is 0 Å². The van der Waals surface area contributed by atoms with Gasteiger partial charge in [0.05, 0.1) is 12.2 Å². The predicted molar refractivity (Wildman–Crippen MR) is 79.2 cm³/mol. The molecule has 1 aromatic carbocycles. The molecule has 120 valence electrons. The molecule has 0 saturated carbocycles. The third-order valence-corrected chi connectivity index (χ3v) is 3.36. The van der Waals surface area contributed by atoms with Crippen LogP contribution < -0.4 is 10.5 Å². The number of aromatic amines is 1. The molecular formula is C15H17F3N2O2. The van der Waals surface area contributed by atoms with Crippen LogP contribution in [-0.2, 0) is 6.18 Å². The van der Waals surface area contributed by atoms with Gasteiger partial charge in [0.2, 0.25) is 5.56 Å². The number of fused-ring (bicyclic) bond motifs is 1. The number of halogens is 3. The maximum atomic E-state index is 13.1. The molecule has 0 spiro atoms. The second-order valence-corrected chi connectivity index (χ2v) is 4.99. The zero-order chi connectivity index (χ0) is 16.3. The molecule has 0 bridgehead atoms. The van der Waals surface area contributed by atoms with Gasteiger partial charge in [-0.15, -0.1) is 0 Å². The second kappa shape index (κ2) is 6.39. The summed E-state index contributed by atoms with van der Waals surface area (Å²) in [5.74, 6) is 0. The van der Waals surface area contributed by atoms with E-state index in [1.165, 1.54) is 12.1 Å². The number of alkyl halides is 3. The van der Waals surface area contributed by atoms with Crippen LogP contribution in [0.1, 0.15) is 18.9 Å². The molecule has 2 rings (SSSR count). The number of benzene rings is 1. The molecule has 0 aliphatic carbocycles. The number of H-pyrrole nitrogens is 1. The van der Waals surface area contributed by atoms with Crippen molar-refractivity contribution in [3.63, 3.8) is 0 Å². The Morgan fingerprint density at radius 1 is 1.23 bits per heavy atom. The van der Waals surface area contributed by atoms with Crippen LogP contribution in [0.3, 0.4) is 0 Å².